The van der Waals surface area contributed by atoms with Gasteiger partial charge in [0.1, 0.15) is 11.3 Å². The predicted molar refractivity (Wildman–Crippen MR) is 82.2 cm³/mol. The first-order valence-electron chi connectivity index (χ1n) is 6.42. The minimum absolute atomic E-state index is 0.113. The van der Waals surface area contributed by atoms with E-state index in [1.165, 1.54) is 18.3 Å². The fourth-order valence-electron chi connectivity index (χ4n) is 1.95. The van der Waals surface area contributed by atoms with Crippen LogP contribution in [0.5, 0.6) is 0 Å². The minimum Gasteiger partial charge on any atom is -0.421 e. The maximum absolute atomic E-state index is 11.9. The zero-order valence-electron chi connectivity index (χ0n) is 11.3. The highest BCUT2D eigenvalue weighted by Gasteiger charge is 2.10. The molecule has 0 fully saturated rings. The number of H-pyrrole nitrogens is 1. The van der Waals surface area contributed by atoms with E-state index in [1.54, 1.807) is 24.3 Å². The van der Waals surface area contributed by atoms with E-state index in [-0.39, 0.29) is 16.7 Å². The molecule has 1 aromatic carbocycles. The second-order valence-electron chi connectivity index (χ2n) is 4.48. The molecular formula is C15H11N3O4. The van der Waals surface area contributed by atoms with Gasteiger partial charge in [-0.2, -0.15) is 0 Å². The third kappa shape index (κ3) is 2.73. The summed E-state index contributed by atoms with van der Waals surface area (Å²) in [6.45, 7) is 0. The monoisotopic (exact) mass is 297 g/mol. The Balaban J connectivity index is 1.89. The number of nitrogens with one attached hydrogen (secondary N) is 3. The lowest BCUT2D eigenvalue weighted by Crippen LogP contribution is -2.23. The van der Waals surface area contributed by atoms with Crippen molar-refractivity contribution in [2.24, 2.45) is 0 Å². The van der Waals surface area contributed by atoms with Gasteiger partial charge in [-0.15, -0.1) is 0 Å². The molecule has 0 radical (unpaired) electrons. The second-order valence-corrected chi connectivity index (χ2v) is 4.48. The molecule has 0 spiro atoms. The Kier molecular flexibility index (Phi) is 3.45. The van der Waals surface area contributed by atoms with E-state index in [4.69, 9.17) is 4.42 Å². The molecule has 0 bridgehead atoms. The highest BCUT2D eigenvalue weighted by molar-refractivity contribution is 6.00. The first kappa shape index (κ1) is 13.6. The molecule has 0 aliphatic carbocycles. The quantitative estimate of drug-likeness (QED) is 0.674. The predicted octanol–water partition coefficient (Wildman–Crippen LogP) is 2.13. The molecule has 0 unspecified atom stereocenters. The van der Waals surface area contributed by atoms with Gasteiger partial charge in [0.15, 0.2) is 0 Å². The molecule has 0 aliphatic heterocycles. The Bertz CT molecular complexity index is 944. The molecule has 2 aromatic heterocycles. The van der Waals surface area contributed by atoms with Gasteiger partial charge in [0.05, 0.1) is 5.39 Å². The number of aromatic amines is 1. The van der Waals surface area contributed by atoms with E-state index in [2.05, 4.69) is 15.6 Å². The first-order valence-corrected chi connectivity index (χ1v) is 6.42. The lowest BCUT2D eigenvalue weighted by atomic mass is 10.3. The summed E-state index contributed by atoms with van der Waals surface area (Å²) in [4.78, 5) is 37.8. The van der Waals surface area contributed by atoms with Crippen molar-refractivity contribution in [3.8, 4) is 0 Å². The Morgan fingerprint density at radius 3 is 2.59 bits per heavy atom. The first-order chi connectivity index (χ1) is 10.6. The standard InChI is InChI=1S/C15H11N3O4/c19-13-10-8-11(14(20)22-12(10)6-7-16-13)18-15(21)17-9-4-2-1-3-5-9/h1-8H,(H,16,19)(H2,17,18,21). The van der Waals surface area contributed by atoms with E-state index in [0.717, 1.165) is 0 Å². The fourth-order valence-corrected chi connectivity index (χ4v) is 1.95. The molecule has 3 N–H and O–H groups in total. The second kappa shape index (κ2) is 5.57. The van der Waals surface area contributed by atoms with Crippen LogP contribution in [0.25, 0.3) is 11.0 Å². The van der Waals surface area contributed by atoms with Crippen LogP contribution in [0.4, 0.5) is 16.2 Å². The molecule has 3 aromatic rings. The van der Waals surface area contributed by atoms with Crippen LogP contribution in [0.1, 0.15) is 0 Å². The van der Waals surface area contributed by atoms with E-state index in [0.29, 0.717) is 5.69 Å². The number of benzene rings is 1. The largest absolute Gasteiger partial charge is 0.421 e. The number of hydrogen-bond donors (Lipinski definition) is 3. The summed E-state index contributed by atoms with van der Waals surface area (Å²) in [6.07, 6.45) is 1.38. The van der Waals surface area contributed by atoms with Crippen molar-refractivity contribution in [1.82, 2.24) is 4.98 Å². The molecular weight excluding hydrogens is 286 g/mol. The Hall–Kier alpha value is -3.35. The normalized spacial score (nSPS) is 10.4. The number of carbonyl (C=O) groups excluding carboxylic acids is 1. The van der Waals surface area contributed by atoms with Gasteiger partial charge in [-0.3, -0.25) is 4.79 Å². The van der Waals surface area contributed by atoms with Crippen LogP contribution in [0.15, 0.2) is 62.7 Å². The number of rotatable bonds is 2. The van der Waals surface area contributed by atoms with Crippen LogP contribution in [0, 0.1) is 0 Å². The van der Waals surface area contributed by atoms with Gasteiger partial charge in [-0.1, -0.05) is 18.2 Å². The number of urea groups is 1. The van der Waals surface area contributed by atoms with Crippen molar-refractivity contribution in [2.45, 2.75) is 0 Å². The average Bonchev–Trinajstić information content (AvgIpc) is 2.50. The van der Waals surface area contributed by atoms with Crippen LogP contribution < -0.4 is 21.8 Å². The zero-order chi connectivity index (χ0) is 15.5. The van der Waals surface area contributed by atoms with E-state index >= 15 is 0 Å². The number of amides is 2. The molecule has 7 nitrogen and oxygen atoms in total. The summed E-state index contributed by atoms with van der Waals surface area (Å²) in [5, 5.41) is 5.11. The summed E-state index contributed by atoms with van der Waals surface area (Å²) >= 11 is 0. The lowest BCUT2D eigenvalue weighted by Gasteiger charge is -2.06. The smallest absolute Gasteiger partial charge is 0.360 e. The number of pyridine rings is 1. The van der Waals surface area contributed by atoms with Crippen molar-refractivity contribution in [2.75, 3.05) is 10.6 Å². The summed E-state index contributed by atoms with van der Waals surface area (Å²) in [5.41, 5.74) is -0.530. The Labute approximate surface area is 123 Å². The summed E-state index contributed by atoms with van der Waals surface area (Å²) in [5.74, 6) is 0. The van der Waals surface area contributed by atoms with Crippen LogP contribution >= 0.6 is 0 Å². The number of hydrogen-bond acceptors (Lipinski definition) is 4. The highest BCUT2D eigenvalue weighted by Crippen LogP contribution is 2.11. The van der Waals surface area contributed by atoms with Crippen LogP contribution in [0.3, 0.4) is 0 Å². The number of aromatic nitrogens is 1. The van der Waals surface area contributed by atoms with Gasteiger partial charge in [0.2, 0.25) is 0 Å². The molecule has 22 heavy (non-hydrogen) atoms. The molecule has 0 saturated heterocycles. The van der Waals surface area contributed by atoms with Crippen LogP contribution in [-0.2, 0) is 0 Å². The molecule has 2 heterocycles. The number of para-hydroxylation sites is 1. The van der Waals surface area contributed by atoms with Crippen LogP contribution in [0.2, 0.25) is 0 Å². The topological polar surface area (TPSA) is 104 Å². The molecule has 7 heteroatoms. The van der Waals surface area contributed by atoms with Crippen molar-refractivity contribution < 1.29 is 9.21 Å². The summed E-state index contributed by atoms with van der Waals surface area (Å²) in [7, 11) is 0. The number of fused-ring (bicyclic) bond motifs is 1. The molecule has 3 rings (SSSR count). The van der Waals surface area contributed by atoms with Gasteiger partial charge in [-0.05, 0) is 24.3 Å². The van der Waals surface area contributed by atoms with Crippen LogP contribution in [-0.4, -0.2) is 11.0 Å². The number of carbonyl (C=O) groups is 1. The molecule has 0 aliphatic rings. The Morgan fingerprint density at radius 2 is 1.82 bits per heavy atom. The van der Waals surface area contributed by atoms with E-state index in [1.807, 2.05) is 6.07 Å². The van der Waals surface area contributed by atoms with E-state index < -0.39 is 17.2 Å². The molecule has 0 saturated carbocycles. The molecule has 0 atom stereocenters. The average molecular weight is 297 g/mol. The zero-order valence-corrected chi connectivity index (χ0v) is 11.3. The summed E-state index contributed by atoms with van der Waals surface area (Å²) < 4.78 is 5.01. The third-order valence-electron chi connectivity index (χ3n) is 2.95. The highest BCUT2D eigenvalue weighted by atomic mass is 16.4. The maximum atomic E-state index is 11.9. The van der Waals surface area contributed by atoms with E-state index in [9.17, 15) is 14.4 Å². The molecule has 2 amide bonds. The Morgan fingerprint density at radius 1 is 1.05 bits per heavy atom. The van der Waals surface area contributed by atoms with Crippen molar-refractivity contribution >= 4 is 28.4 Å². The van der Waals surface area contributed by atoms with Gasteiger partial charge in [0, 0.05) is 11.9 Å². The minimum atomic E-state index is -0.735. The third-order valence-corrected chi connectivity index (χ3v) is 2.95. The lowest BCUT2D eigenvalue weighted by molar-refractivity contribution is 0.262. The van der Waals surface area contributed by atoms with Gasteiger partial charge in [-0.25, -0.2) is 9.59 Å². The molecule has 110 valence electrons. The van der Waals surface area contributed by atoms with Gasteiger partial charge < -0.3 is 20.0 Å². The summed E-state index contributed by atoms with van der Waals surface area (Å²) in [6, 6.07) is 10.9. The van der Waals surface area contributed by atoms with Crippen molar-refractivity contribution in [3.63, 3.8) is 0 Å². The number of anilines is 2. The van der Waals surface area contributed by atoms with Crippen molar-refractivity contribution in [3.05, 3.63) is 69.4 Å². The fraction of sp³-hybridized carbons (Fsp3) is 0. The van der Waals surface area contributed by atoms with Gasteiger partial charge >= 0.3 is 11.7 Å². The van der Waals surface area contributed by atoms with Gasteiger partial charge in [0.25, 0.3) is 5.56 Å². The SMILES string of the molecule is O=C(Nc1ccccc1)Nc1cc2c(=O)[nH]ccc2oc1=O. The van der Waals surface area contributed by atoms with Crippen molar-refractivity contribution in [1.29, 1.82) is 0 Å². The maximum Gasteiger partial charge on any atom is 0.360 e.